The van der Waals surface area contributed by atoms with Crippen LogP contribution in [0.1, 0.15) is 107 Å². The molecule has 0 spiro atoms. The first kappa shape index (κ1) is 71.9. The van der Waals surface area contributed by atoms with E-state index in [2.05, 4.69) is 33.8 Å². The average molecular weight is 1290 g/mol. The molecule has 516 valence electrons. The highest BCUT2D eigenvalue weighted by Crippen LogP contribution is 2.75. The largest absolute Gasteiger partial charge is 0.394 e. The molecule has 5 heterocycles. The Labute approximate surface area is 517 Å². The molecule has 0 amide bonds. The fourth-order valence-electron chi connectivity index (χ4n) is 17.1. The summed E-state index contributed by atoms with van der Waals surface area (Å²) < 4.78 is 59.5. The Kier molecular flexibility index (Phi) is 22.3. The molecular formula is C60H102O29. The zero-order valence-corrected chi connectivity index (χ0v) is 51.8. The van der Waals surface area contributed by atoms with Crippen molar-refractivity contribution in [2.24, 2.45) is 45.3 Å². The lowest BCUT2D eigenvalue weighted by Gasteiger charge is -2.67. The van der Waals surface area contributed by atoms with Crippen LogP contribution in [-0.2, 0) is 47.4 Å². The number of aliphatic hydroxyl groups excluding tert-OH is 18. The Balaban J connectivity index is 0.884. The van der Waals surface area contributed by atoms with E-state index in [0.29, 0.717) is 32.1 Å². The van der Waals surface area contributed by atoms with E-state index in [9.17, 15) is 97.0 Å². The summed E-state index contributed by atoms with van der Waals surface area (Å²) >= 11 is 0. The summed E-state index contributed by atoms with van der Waals surface area (Å²) in [5.41, 5.74) is -2.49. The van der Waals surface area contributed by atoms with Gasteiger partial charge < -0.3 is 144 Å². The number of hydrogen-bond acceptors (Lipinski definition) is 29. The second-order valence-electron chi connectivity index (χ2n) is 28.7. The van der Waals surface area contributed by atoms with Crippen molar-refractivity contribution in [2.45, 2.75) is 284 Å². The topological polar surface area (TPSA) is 477 Å². The Hall–Kier alpha value is -1.42. The van der Waals surface area contributed by atoms with Crippen molar-refractivity contribution in [1.82, 2.24) is 0 Å². The minimum absolute atomic E-state index is 0.0310. The van der Waals surface area contributed by atoms with Crippen molar-refractivity contribution in [3.8, 4) is 0 Å². The van der Waals surface area contributed by atoms with Gasteiger partial charge in [0, 0.05) is 10.8 Å². The molecule has 9 aliphatic rings. The molecule has 0 aromatic carbocycles. The van der Waals surface area contributed by atoms with Gasteiger partial charge in [-0.3, -0.25) is 0 Å². The van der Waals surface area contributed by atoms with Gasteiger partial charge in [0.05, 0.1) is 56.9 Å². The molecule has 0 bridgehead atoms. The normalized spacial score (nSPS) is 51.8. The molecule has 29 heteroatoms. The predicted octanol–water partition coefficient (Wildman–Crippen LogP) is -5.41. The standard InChI is InChI=1S/C60H102O29/c1-23(9-13-35(57(4,5)79)87-55-50(89-54-47(77)42(72)38(68)29(20-63)83-54)43(73)39(69)31(85-55)22-80-51-45(75)40(70)36(66)27(18-61)81-51)24-15-16-58(6)32-12-10-25-26(60(32,8)33(65)17-59(24,58)7)11-14-34(56(25,2)3)86-52-48(78)44(74)49(30(21-64)84-52)88-53-46(76)41(71)37(67)28(19-62)82-53/h10,23-24,26-55,61-79H,9,11-22H2,1-8H3/t23-,24-,26-,27?,28?,29?,30?,31?,32+,33-,34+,35-,36+,37+,38+,39+,40+,41+,42+,43+,44-,45?,46?,47?,48?,49+,50?,51-,52+,53+,54+,55+,58+,59-,60+/m1/s1. The van der Waals surface area contributed by atoms with Gasteiger partial charge in [0.15, 0.2) is 31.5 Å². The molecule has 9 rings (SSSR count). The van der Waals surface area contributed by atoms with Crippen LogP contribution in [0.25, 0.3) is 0 Å². The van der Waals surface area contributed by atoms with Crippen LogP contribution in [0.15, 0.2) is 11.6 Å². The quantitative estimate of drug-likeness (QED) is 0.0506. The average Bonchev–Trinajstić information content (AvgIpc) is 1.66. The fourth-order valence-corrected chi connectivity index (χ4v) is 17.1. The van der Waals surface area contributed by atoms with Crippen LogP contribution < -0.4 is 0 Å². The lowest BCUT2D eigenvalue weighted by molar-refractivity contribution is -0.380. The summed E-state index contributed by atoms with van der Waals surface area (Å²) in [6.07, 6.45) is -37.7. The van der Waals surface area contributed by atoms with Gasteiger partial charge >= 0.3 is 0 Å². The van der Waals surface area contributed by atoms with Gasteiger partial charge in [-0.05, 0) is 99.7 Å². The van der Waals surface area contributed by atoms with Crippen molar-refractivity contribution < 1.29 is 144 Å². The van der Waals surface area contributed by atoms with E-state index in [1.807, 2.05) is 13.8 Å². The smallest absolute Gasteiger partial charge is 0.187 e. The van der Waals surface area contributed by atoms with E-state index in [4.69, 9.17) is 47.4 Å². The molecule has 8 fully saturated rings. The number of hydrogen-bond donors (Lipinski definition) is 19. The van der Waals surface area contributed by atoms with Crippen LogP contribution in [-0.4, -0.2) is 308 Å². The molecular weight excluding hydrogens is 1180 g/mol. The molecule has 3 saturated carbocycles. The molecule has 0 aromatic rings. The summed E-state index contributed by atoms with van der Waals surface area (Å²) in [7, 11) is 0. The van der Waals surface area contributed by atoms with Crippen LogP contribution >= 0.6 is 0 Å². The molecule has 35 atom stereocenters. The van der Waals surface area contributed by atoms with E-state index >= 15 is 0 Å². The molecule has 10 unspecified atom stereocenters. The van der Waals surface area contributed by atoms with Crippen LogP contribution in [0.2, 0.25) is 0 Å². The fraction of sp³-hybridized carbons (Fsp3) is 0.967. The van der Waals surface area contributed by atoms with Crippen LogP contribution in [0.5, 0.6) is 0 Å². The summed E-state index contributed by atoms with van der Waals surface area (Å²) in [4.78, 5) is 0. The minimum atomic E-state index is -1.96. The molecule has 4 aliphatic carbocycles. The van der Waals surface area contributed by atoms with E-state index in [-0.39, 0.29) is 35.5 Å². The Bertz CT molecular complexity index is 2340. The number of rotatable bonds is 20. The molecule has 29 nitrogen and oxygen atoms in total. The summed E-state index contributed by atoms with van der Waals surface area (Å²) in [5, 5.41) is 205. The van der Waals surface area contributed by atoms with E-state index in [0.717, 1.165) is 18.4 Å². The minimum Gasteiger partial charge on any atom is -0.394 e. The maximum Gasteiger partial charge on any atom is 0.187 e. The SMILES string of the molecule is C[C@H](CC[C@@H](O[C@@H]1OC(CO[C@@H]2OC(CO)[C@H](O)[C@H](O)C2O)[C@H](O)[C@H](O)C1O[C@@H]1OC(CO)[C@H](O)[C@H](O)C1O)C(C)(C)O)[C@H]1CC[C@@]2(C)[C@@H]3CC=C4[C@@H](CC[C@H](O[C@@H]5OC(CO)[C@H](O[C@@H]6OC(CO)[C@H](O)[C@H](O)C6O)[C@H](O)C5O)C4(C)C)[C@]3(C)[C@H](O)C[C@]12C. The molecule has 0 radical (unpaired) electrons. The highest BCUT2D eigenvalue weighted by Gasteiger charge is 2.71. The summed E-state index contributed by atoms with van der Waals surface area (Å²) in [5.74, 6) is -0.0172. The second kappa shape index (κ2) is 27.6. The van der Waals surface area contributed by atoms with Crippen molar-refractivity contribution in [3.05, 3.63) is 11.6 Å². The van der Waals surface area contributed by atoms with Crippen molar-refractivity contribution in [3.63, 3.8) is 0 Å². The first-order valence-corrected chi connectivity index (χ1v) is 31.6. The second-order valence-corrected chi connectivity index (χ2v) is 28.7. The number of fused-ring (bicyclic) bond motifs is 5. The van der Waals surface area contributed by atoms with Gasteiger partial charge in [-0.25, -0.2) is 0 Å². The highest BCUT2D eigenvalue weighted by atomic mass is 16.8. The predicted molar refractivity (Wildman–Crippen MR) is 300 cm³/mol. The maximum absolute atomic E-state index is 12.8. The van der Waals surface area contributed by atoms with E-state index in [1.54, 1.807) is 0 Å². The van der Waals surface area contributed by atoms with Crippen LogP contribution in [0.4, 0.5) is 0 Å². The third-order valence-corrected chi connectivity index (χ3v) is 22.9. The zero-order chi connectivity index (χ0) is 65.5. The van der Waals surface area contributed by atoms with Crippen molar-refractivity contribution >= 4 is 0 Å². The summed E-state index contributed by atoms with van der Waals surface area (Å²) in [6.45, 7) is 12.3. The molecule has 89 heavy (non-hydrogen) atoms. The Morgan fingerprint density at radius 2 is 0.978 bits per heavy atom. The number of allylic oxidation sites excluding steroid dienone is 1. The third kappa shape index (κ3) is 13.0. The van der Waals surface area contributed by atoms with Gasteiger partial charge in [0.1, 0.15) is 122 Å². The van der Waals surface area contributed by atoms with Crippen LogP contribution in [0, 0.1) is 45.3 Å². The van der Waals surface area contributed by atoms with Gasteiger partial charge in [-0.2, -0.15) is 0 Å². The molecule has 0 aromatic heterocycles. The lowest BCUT2D eigenvalue weighted by atomic mass is 9.38. The zero-order valence-electron chi connectivity index (χ0n) is 51.8. The molecule has 5 aliphatic heterocycles. The summed E-state index contributed by atoms with van der Waals surface area (Å²) in [6, 6.07) is 0. The first-order valence-electron chi connectivity index (χ1n) is 31.6. The third-order valence-electron chi connectivity index (χ3n) is 22.9. The Morgan fingerprint density at radius 1 is 0.517 bits per heavy atom. The van der Waals surface area contributed by atoms with Gasteiger partial charge in [-0.1, -0.05) is 53.2 Å². The lowest BCUT2D eigenvalue weighted by Crippen LogP contribution is -2.66. The van der Waals surface area contributed by atoms with E-state index in [1.165, 1.54) is 13.8 Å². The number of aliphatic hydroxyl groups is 19. The first-order chi connectivity index (χ1) is 41.7. The van der Waals surface area contributed by atoms with Gasteiger partial charge in [0.25, 0.3) is 0 Å². The van der Waals surface area contributed by atoms with Gasteiger partial charge in [0.2, 0.25) is 0 Å². The molecule has 5 saturated heterocycles. The molecule has 19 N–H and O–H groups in total. The van der Waals surface area contributed by atoms with Crippen LogP contribution in [0.3, 0.4) is 0 Å². The number of ether oxygens (including phenoxy) is 10. The highest BCUT2D eigenvalue weighted by molar-refractivity contribution is 5.32. The monoisotopic (exact) mass is 1290 g/mol. The van der Waals surface area contributed by atoms with Crippen molar-refractivity contribution in [1.29, 1.82) is 0 Å². The van der Waals surface area contributed by atoms with Crippen molar-refractivity contribution in [2.75, 3.05) is 33.0 Å². The Morgan fingerprint density at radius 3 is 1.52 bits per heavy atom. The maximum atomic E-state index is 12.8. The van der Waals surface area contributed by atoms with E-state index < -0.39 is 227 Å². The van der Waals surface area contributed by atoms with Gasteiger partial charge in [-0.15, -0.1) is 0 Å².